The average molecular weight is 346 g/mol. The molecule has 3 aromatic carbocycles. The van der Waals surface area contributed by atoms with Crippen molar-refractivity contribution < 1.29 is 19.7 Å². The number of phenolic OH excluding ortho intramolecular Hbond substituents is 3. The van der Waals surface area contributed by atoms with Gasteiger partial charge in [-0.1, -0.05) is 24.3 Å². The second-order valence-corrected chi connectivity index (χ2v) is 5.66. The minimum absolute atomic E-state index is 0.0309. The number of fused-ring (bicyclic) bond motifs is 1. The van der Waals surface area contributed by atoms with Crippen LogP contribution in [0.25, 0.3) is 22.6 Å². The summed E-state index contributed by atoms with van der Waals surface area (Å²) in [5.74, 6) is 0.334. The second kappa shape index (κ2) is 6.25. The van der Waals surface area contributed by atoms with Crippen LogP contribution in [0.5, 0.6) is 17.2 Å². The van der Waals surface area contributed by atoms with Crippen molar-refractivity contribution in [1.82, 2.24) is 4.98 Å². The maximum atomic E-state index is 10.2. The Bertz CT molecular complexity index is 1130. The molecule has 26 heavy (non-hydrogen) atoms. The molecule has 128 valence electrons. The number of nitrogens with zero attached hydrogens (tertiary/aromatic N) is 2. The molecule has 4 aromatic rings. The smallest absolute Gasteiger partial charge is 0.231 e. The maximum absolute atomic E-state index is 10.2. The Morgan fingerprint density at radius 1 is 0.846 bits per heavy atom. The predicted molar refractivity (Wildman–Crippen MR) is 98.1 cm³/mol. The van der Waals surface area contributed by atoms with Crippen LogP contribution in [-0.4, -0.2) is 26.5 Å². The summed E-state index contributed by atoms with van der Waals surface area (Å²) in [7, 11) is 0. The van der Waals surface area contributed by atoms with Gasteiger partial charge in [0.15, 0.2) is 5.58 Å². The summed E-state index contributed by atoms with van der Waals surface area (Å²) in [5, 5.41) is 29.9. The molecule has 0 saturated carbocycles. The van der Waals surface area contributed by atoms with E-state index in [2.05, 4.69) is 9.98 Å². The van der Waals surface area contributed by atoms with Gasteiger partial charge in [0.25, 0.3) is 0 Å². The zero-order chi connectivity index (χ0) is 18.1. The van der Waals surface area contributed by atoms with Gasteiger partial charge in [-0.25, -0.2) is 4.98 Å². The number of rotatable bonds is 3. The van der Waals surface area contributed by atoms with Gasteiger partial charge in [0.1, 0.15) is 28.5 Å². The lowest BCUT2D eigenvalue weighted by molar-refractivity contribution is 0.472. The molecular formula is C20H14N2O4. The zero-order valence-electron chi connectivity index (χ0n) is 13.5. The minimum atomic E-state index is -0.0309. The summed E-state index contributed by atoms with van der Waals surface area (Å²) in [5.41, 5.74) is 2.19. The molecule has 0 fully saturated rings. The normalized spacial score (nSPS) is 11.4. The Hall–Kier alpha value is -3.80. The third-order valence-electron chi connectivity index (χ3n) is 3.90. The first kappa shape index (κ1) is 15.7. The highest BCUT2D eigenvalue weighted by molar-refractivity contribution is 5.92. The summed E-state index contributed by atoms with van der Waals surface area (Å²) < 4.78 is 5.64. The van der Waals surface area contributed by atoms with Crippen molar-refractivity contribution in [3.05, 3.63) is 66.2 Å². The van der Waals surface area contributed by atoms with Crippen LogP contribution in [0.15, 0.2) is 70.1 Å². The molecule has 0 aliphatic heterocycles. The molecular weight excluding hydrogens is 332 g/mol. The van der Waals surface area contributed by atoms with E-state index in [-0.39, 0.29) is 23.1 Å². The van der Waals surface area contributed by atoms with Crippen molar-refractivity contribution in [1.29, 1.82) is 0 Å². The molecule has 0 aliphatic rings. The van der Waals surface area contributed by atoms with Crippen molar-refractivity contribution in [2.45, 2.75) is 0 Å². The first-order chi connectivity index (χ1) is 12.6. The summed E-state index contributed by atoms with van der Waals surface area (Å²) in [6, 6.07) is 16.4. The molecule has 6 heteroatoms. The van der Waals surface area contributed by atoms with Gasteiger partial charge in [-0.15, -0.1) is 0 Å². The number of benzene rings is 3. The van der Waals surface area contributed by atoms with Crippen molar-refractivity contribution >= 4 is 23.0 Å². The number of phenols is 3. The second-order valence-electron chi connectivity index (χ2n) is 5.66. The highest BCUT2D eigenvalue weighted by Gasteiger charge is 2.13. The third kappa shape index (κ3) is 2.84. The zero-order valence-corrected chi connectivity index (χ0v) is 13.5. The maximum Gasteiger partial charge on any atom is 0.231 e. The number of hydrogen-bond acceptors (Lipinski definition) is 6. The molecule has 0 radical (unpaired) electrons. The third-order valence-corrected chi connectivity index (χ3v) is 3.90. The van der Waals surface area contributed by atoms with Crippen LogP contribution in [-0.2, 0) is 0 Å². The molecule has 6 nitrogen and oxygen atoms in total. The summed E-state index contributed by atoms with van der Waals surface area (Å²) >= 11 is 0. The molecule has 3 N–H and O–H groups in total. The van der Waals surface area contributed by atoms with Crippen LogP contribution in [0.3, 0.4) is 0 Å². The van der Waals surface area contributed by atoms with Crippen LogP contribution >= 0.6 is 0 Å². The van der Waals surface area contributed by atoms with E-state index >= 15 is 0 Å². The summed E-state index contributed by atoms with van der Waals surface area (Å²) in [6.45, 7) is 0. The van der Waals surface area contributed by atoms with Gasteiger partial charge in [0, 0.05) is 17.8 Å². The molecule has 0 bridgehead atoms. The van der Waals surface area contributed by atoms with E-state index < -0.39 is 0 Å². The minimum Gasteiger partial charge on any atom is -0.507 e. The summed E-state index contributed by atoms with van der Waals surface area (Å²) in [4.78, 5) is 8.56. The van der Waals surface area contributed by atoms with E-state index in [1.165, 1.54) is 18.3 Å². The van der Waals surface area contributed by atoms with Crippen LogP contribution in [0.1, 0.15) is 5.56 Å². The number of aromatic nitrogens is 1. The quantitative estimate of drug-likeness (QED) is 0.479. The molecule has 0 saturated heterocycles. The first-order valence-corrected chi connectivity index (χ1v) is 7.86. The highest BCUT2D eigenvalue weighted by atomic mass is 16.4. The van der Waals surface area contributed by atoms with E-state index in [0.717, 1.165) is 0 Å². The van der Waals surface area contributed by atoms with E-state index in [0.29, 0.717) is 27.9 Å². The van der Waals surface area contributed by atoms with Gasteiger partial charge in [0.2, 0.25) is 5.89 Å². The number of para-hydroxylation sites is 3. The lowest BCUT2D eigenvalue weighted by Crippen LogP contribution is -1.83. The van der Waals surface area contributed by atoms with E-state index in [9.17, 15) is 15.3 Å². The SMILES string of the molecule is Oc1cc2oc(-c3ccccc3O)nc2cc1C=Nc1ccccc1O. The van der Waals surface area contributed by atoms with Crippen molar-refractivity contribution in [3.63, 3.8) is 0 Å². The topological polar surface area (TPSA) is 99.1 Å². The van der Waals surface area contributed by atoms with E-state index in [4.69, 9.17) is 4.42 Å². The van der Waals surface area contributed by atoms with E-state index in [1.54, 1.807) is 48.5 Å². The number of aromatic hydroxyl groups is 3. The Morgan fingerprint density at radius 3 is 2.35 bits per heavy atom. The van der Waals surface area contributed by atoms with Crippen LogP contribution in [0.2, 0.25) is 0 Å². The molecule has 4 rings (SSSR count). The fraction of sp³-hybridized carbons (Fsp3) is 0. The van der Waals surface area contributed by atoms with Crippen LogP contribution < -0.4 is 0 Å². The monoisotopic (exact) mass is 346 g/mol. The van der Waals surface area contributed by atoms with Gasteiger partial charge in [0.05, 0.1) is 5.56 Å². The van der Waals surface area contributed by atoms with Gasteiger partial charge in [-0.3, -0.25) is 4.99 Å². The van der Waals surface area contributed by atoms with Crippen LogP contribution in [0.4, 0.5) is 5.69 Å². The van der Waals surface area contributed by atoms with Gasteiger partial charge in [-0.2, -0.15) is 0 Å². The summed E-state index contributed by atoms with van der Waals surface area (Å²) in [6.07, 6.45) is 1.44. The fourth-order valence-corrected chi connectivity index (χ4v) is 2.56. The number of oxazole rings is 1. The molecule has 0 spiro atoms. The lowest BCUT2D eigenvalue weighted by atomic mass is 10.2. The van der Waals surface area contributed by atoms with Crippen molar-refractivity contribution in [2.75, 3.05) is 0 Å². The largest absolute Gasteiger partial charge is 0.507 e. The van der Waals surface area contributed by atoms with E-state index in [1.807, 2.05) is 0 Å². The number of hydrogen-bond donors (Lipinski definition) is 3. The van der Waals surface area contributed by atoms with Crippen molar-refractivity contribution in [3.8, 4) is 28.7 Å². The molecule has 0 unspecified atom stereocenters. The standard InChI is InChI=1S/C20H14N2O4/c23-16-7-3-1-5-13(16)20-22-15-9-12(18(25)10-19(15)26-20)11-21-14-6-2-4-8-17(14)24/h1-11,23-25H. The Labute approximate surface area is 148 Å². The Balaban J connectivity index is 1.75. The molecule has 1 aromatic heterocycles. The predicted octanol–water partition coefficient (Wildman–Crippen LogP) is 4.36. The average Bonchev–Trinajstić information content (AvgIpc) is 3.03. The van der Waals surface area contributed by atoms with Crippen molar-refractivity contribution in [2.24, 2.45) is 4.99 Å². The molecule has 0 aliphatic carbocycles. The highest BCUT2D eigenvalue weighted by Crippen LogP contribution is 2.33. The molecule has 1 heterocycles. The van der Waals surface area contributed by atoms with Crippen LogP contribution in [0, 0.1) is 0 Å². The van der Waals surface area contributed by atoms with Gasteiger partial charge in [-0.05, 0) is 30.3 Å². The Morgan fingerprint density at radius 2 is 1.58 bits per heavy atom. The Kier molecular flexibility index (Phi) is 3.78. The molecule has 0 atom stereocenters. The van der Waals surface area contributed by atoms with Gasteiger partial charge >= 0.3 is 0 Å². The lowest BCUT2D eigenvalue weighted by Gasteiger charge is -1.99. The number of aliphatic imine (C=N–C) groups is 1. The molecule has 0 amide bonds. The van der Waals surface area contributed by atoms with Gasteiger partial charge < -0.3 is 19.7 Å². The fourth-order valence-electron chi connectivity index (χ4n) is 2.56. The first-order valence-electron chi connectivity index (χ1n) is 7.86.